The Labute approximate surface area is 152 Å². The van der Waals surface area contributed by atoms with Crippen molar-refractivity contribution in [3.8, 4) is 16.9 Å². The van der Waals surface area contributed by atoms with E-state index >= 15 is 0 Å². The molecule has 136 valence electrons. The predicted octanol–water partition coefficient (Wildman–Crippen LogP) is 3.15. The van der Waals surface area contributed by atoms with Crippen molar-refractivity contribution in [1.82, 2.24) is 4.57 Å². The minimum absolute atomic E-state index is 0.0455. The molecule has 0 radical (unpaired) electrons. The van der Waals surface area contributed by atoms with Crippen LogP contribution in [0.25, 0.3) is 21.9 Å². The van der Waals surface area contributed by atoms with Gasteiger partial charge in [-0.2, -0.15) is 0 Å². The molecule has 0 fully saturated rings. The highest BCUT2D eigenvalue weighted by molar-refractivity contribution is 7.89. The molecule has 0 saturated carbocycles. The van der Waals surface area contributed by atoms with E-state index in [-0.39, 0.29) is 11.3 Å². The largest absolute Gasteiger partial charge is 0.493 e. The second-order valence-electron chi connectivity index (χ2n) is 6.34. The third-order valence-electron chi connectivity index (χ3n) is 4.15. The number of nitrogens with zero attached hydrogens (tertiary/aromatic N) is 1. The van der Waals surface area contributed by atoms with Gasteiger partial charge >= 0.3 is 0 Å². The SMILES string of the molecule is CCOc1ccc(CS(C)(=O)=O)cc1-c1cn(C)c(=O)c2ccccc12. The lowest BCUT2D eigenvalue weighted by molar-refractivity contribution is 0.341. The van der Waals surface area contributed by atoms with Gasteiger partial charge in [0.25, 0.3) is 5.56 Å². The molecule has 0 aliphatic rings. The summed E-state index contributed by atoms with van der Waals surface area (Å²) in [5.74, 6) is 0.615. The molecule has 6 heteroatoms. The molecule has 0 amide bonds. The molecule has 3 aromatic rings. The first-order valence-corrected chi connectivity index (χ1v) is 10.4. The topological polar surface area (TPSA) is 65.4 Å². The summed E-state index contributed by atoms with van der Waals surface area (Å²) >= 11 is 0. The van der Waals surface area contributed by atoms with E-state index in [2.05, 4.69) is 0 Å². The van der Waals surface area contributed by atoms with Crippen LogP contribution in [0, 0.1) is 0 Å². The third-order valence-corrected chi connectivity index (χ3v) is 5.01. The van der Waals surface area contributed by atoms with Crippen molar-refractivity contribution >= 4 is 20.6 Å². The molecule has 26 heavy (non-hydrogen) atoms. The van der Waals surface area contributed by atoms with E-state index in [0.717, 1.165) is 16.5 Å². The van der Waals surface area contributed by atoms with Crippen LogP contribution in [0.15, 0.2) is 53.5 Å². The van der Waals surface area contributed by atoms with Gasteiger partial charge in [-0.25, -0.2) is 8.42 Å². The standard InChI is InChI=1S/C20H21NO4S/c1-4-25-19-10-9-14(13-26(3,23)24)11-17(19)18-12-21(2)20(22)16-8-6-5-7-15(16)18/h5-12H,4,13H2,1-3H3. The van der Waals surface area contributed by atoms with E-state index in [0.29, 0.717) is 23.3 Å². The molecule has 1 heterocycles. The quantitative estimate of drug-likeness (QED) is 0.691. The number of benzene rings is 2. The van der Waals surface area contributed by atoms with Crippen molar-refractivity contribution in [2.45, 2.75) is 12.7 Å². The van der Waals surface area contributed by atoms with Crippen LogP contribution in [-0.4, -0.2) is 25.8 Å². The Morgan fingerprint density at radius 1 is 1.04 bits per heavy atom. The average Bonchev–Trinajstić information content (AvgIpc) is 2.58. The molecule has 0 aliphatic heterocycles. The summed E-state index contributed by atoms with van der Waals surface area (Å²) in [6.07, 6.45) is 2.98. The second kappa shape index (κ2) is 6.96. The zero-order valence-electron chi connectivity index (χ0n) is 15.0. The zero-order valence-corrected chi connectivity index (χ0v) is 15.8. The highest BCUT2D eigenvalue weighted by Gasteiger charge is 2.15. The summed E-state index contributed by atoms with van der Waals surface area (Å²) in [7, 11) is -1.45. The first-order valence-electron chi connectivity index (χ1n) is 8.32. The molecule has 0 atom stereocenters. The molecular formula is C20H21NO4S. The Morgan fingerprint density at radius 2 is 1.73 bits per heavy atom. The maximum Gasteiger partial charge on any atom is 0.258 e. The minimum atomic E-state index is -3.15. The van der Waals surface area contributed by atoms with E-state index in [1.54, 1.807) is 31.4 Å². The number of fused-ring (bicyclic) bond motifs is 1. The molecule has 0 spiro atoms. The lowest BCUT2D eigenvalue weighted by Crippen LogP contribution is -2.16. The van der Waals surface area contributed by atoms with Crippen molar-refractivity contribution in [3.05, 3.63) is 64.6 Å². The Balaban J connectivity index is 2.31. The maximum atomic E-state index is 12.4. The van der Waals surface area contributed by atoms with Crippen LogP contribution >= 0.6 is 0 Å². The fraction of sp³-hybridized carbons (Fsp3) is 0.250. The summed E-state index contributed by atoms with van der Waals surface area (Å²) < 4.78 is 30.7. The number of aromatic nitrogens is 1. The molecule has 0 aliphatic carbocycles. The molecule has 3 rings (SSSR count). The monoisotopic (exact) mass is 371 g/mol. The zero-order chi connectivity index (χ0) is 18.9. The van der Waals surface area contributed by atoms with Gasteiger partial charge in [0, 0.05) is 36.0 Å². The smallest absolute Gasteiger partial charge is 0.258 e. The van der Waals surface area contributed by atoms with Gasteiger partial charge in [0.15, 0.2) is 9.84 Å². The molecule has 5 nitrogen and oxygen atoms in total. The van der Waals surface area contributed by atoms with E-state index in [4.69, 9.17) is 4.74 Å². The first-order chi connectivity index (χ1) is 12.3. The normalized spacial score (nSPS) is 11.7. The van der Waals surface area contributed by atoms with Gasteiger partial charge in [-0.15, -0.1) is 0 Å². The molecule has 2 aromatic carbocycles. The third kappa shape index (κ3) is 3.65. The number of pyridine rings is 1. The number of rotatable bonds is 5. The molecule has 0 saturated heterocycles. The Morgan fingerprint density at radius 3 is 2.38 bits per heavy atom. The Bertz CT molecular complexity index is 1130. The fourth-order valence-electron chi connectivity index (χ4n) is 3.09. The summed E-state index contributed by atoms with van der Waals surface area (Å²) in [6, 6.07) is 12.8. The van der Waals surface area contributed by atoms with E-state index in [1.807, 2.05) is 31.2 Å². The number of sulfone groups is 1. The molecule has 1 aromatic heterocycles. The minimum Gasteiger partial charge on any atom is -0.493 e. The number of aryl methyl sites for hydroxylation is 1. The van der Waals surface area contributed by atoms with Gasteiger partial charge in [-0.1, -0.05) is 24.3 Å². The molecule has 0 N–H and O–H groups in total. The second-order valence-corrected chi connectivity index (χ2v) is 8.48. The van der Waals surface area contributed by atoms with Gasteiger partial charge in [-0.3, -0.25) is 4.79 Å². The molecule has 0 unspecified atom stereocenters. The fourth-order valence-corrected chi connectivity index (χ4v) is 3.88. The van der Waals surface area contributed by atoms with Crippen molar-refractivity contribution in [2.24, 2.45) is 7.05 Å². The summed E-state index contributed by atoms with van der Waals surface area (Å²) in [6.45, 7) is 2.38. The molecular weight excluding hydrogens is 350 g/mol. The van der Waals surface area contributed by atoms with E-state index in [1.165, 1.54) is 10.8 Å². The average molecular weight is 371 g/mol. The van der Waals surface area contributed by atoms with Crippen molar-refractivity contribution < 1.29 is 13.2 Å². The van der Waals surface area contributed by atoms with Crippen LogP contribution in [0.4, 0.5) is 0 Å². The first kappa shape index (κ1) is 18.2. The summed E-state index contributed by atoms with van der Waals surface area (Å²) in [4.78, 5) is 12.4. The van der Waals surface area contributed by atoms with Crippen molar-refractivity contribution in [1.29, 1.82) is 0 Å². The Hall–Kier alpha value is -2.60. The van der Waals surface area contributed by atoms with Gasteiger partial charge in [0.05, 0.1) is 12.4 Å². The van der Waals surface area contributed by atoms with Crippen molar-refractivity contribution in [2.75, 3.05) is 12.9 Å². The maximum absolute atomic E-state index is 12.4. The van der Waals surface area contributed by atoms with Crippen LogP contribution in [0.3, 0.4) is 0 Å². The number of ether oxygens (including phenoxy) is 1. The van der Waals surface area contributed by atoms with Gasteiger partial charge in [0.1, 0.15) is 5.75 Å². The lowest BCUT2D eigenvalue weighted by Gasteiger charge is -2.15. The van der Waals surface area contributed by atoms with Crippen LogP contribution in [0.5, 0.6) is 5.75 Å². The highest BCUT2D eigenvalue weighted by atomic mass is 32.2. The van der Waals surface area contributed by atoms with Gasteiger partial charge in [-0.05, 0) is 36.1 Å². The van der Waals surface area contributed by atoms with E-state index in [9.17, 15) is 13.2 Å². The molecule has 0 bridgehead atoms. The Kier molecular flexibility index (Phi) is 4.87. The number of hydrogen-bond donors (Lipinski definition) is 0. The van der Waals surface area contributed by atoms with Crippen LogP contribution < -0.4 is 10.3 Å². The number of hydrogen-bond acceptors (Lipinski definition) is 4. The predicted molar refractivity (Wildman–Crippen MR) is 104 cm³/mol. The lowest BCUT2D eigenvalue weighted by atomic mass is 9.98. The van der Waals surface area contributed by atoms with Crippen LogP contribution in [0.1, 0.15) is 12.5 Å². The summed E-state index contributed by atoms with van der Waals surface area (Å²) in [5, 5.41) is 1.43. The van der Waals surface area contributed by atoms with E-state index < -0.39 is 9.84 Å². The highest BCUT2D eigenvalue weighted by Crippen LogP contribution is 2.35. The van der Waals surface area contributed by atoms with Gasteiger partial charge in [0.2, 0.25) is 0 Å². The van der Waals surface area contributed by atoms with Gasteiger partial charge < -0.3 is 9.30 Å². The van der Waals surface area contributed by atoms with Crippen LogP contribution in [0.2, 0.25) is 0 Å². The summed E-state index contributed by atoms with van der Waals surface area (Å²) in [5.41, 5.74) is 2.22. The van der Waals surface area contributed by atoms with Crippen molar-refractivity contribution in [3.63, 3.8) is 0 Å². The van der Waals surface area contributed by atoms with Crippen LogP contribution in [-0.2, 0) is 22.6 Å².